The SMILES string of the molecule is CCOc1c(Br)cc(NC)cc1Br.COC(=O)c1ccc(C=O)cc1. The maximum Gasteiger partial charge on any atom is 0.337 e. The molecule has 0 saturated heterocycles. The molecule has 5 nitrogen and oxygen atoms in total. The first-order chi connectivity index (χ1) is 12.0. The van der Waals surface area contributed by atoms with Gasteiger partial charge in [0.2, 0.25) is 0 Å². The van der Waals surface area contributed by atoms with Gasteiger partial charge in [0.25, 0.3) is 0 Å². The summed E-state index contributed by atoms with van der Waals surface area (Å²) in [5.74, 6) is 0.453. The highest BCUT2D eigenvalue weighted by molar-refractivity contribution is 9.11. The van der Waals surface area contributed by atoms with Crippen molar-refractivity contribution in [1.82, 2.24) is 0 Å². The Morgan fingerprint density at radius 3 is 2.12 bits per heavy atom. The number of ether oxygens (including phenoxy) is 2. The molecule has 0 aliphatic carbocycles. The number of hydrogen-bond acceptors (Lipinski definition) is 5. The Kier molecular flexibility index (Phi) is 9.23. The molecule has 134 valence electrons. The molecule has 0 heterocycles. The first-order valence-electron chi connectivity index (χ1n) is 7.39. The van der Waals surface area contributed by atoms with Crippen LogP contribution in [0, 0.1) is 0 Å². The topological polar surface area (TPSA) is 64.6 Å². The summed E-state index contributed by atoms with van der Waals surface area (Å²) < 4.78 is 11.8. The van der Waals surface area contributed by atoms with Gasteiger partial charge in [0.15, 0.2) is 0 Å². The second-order valence-electron chi connectivity index (χ2n) is 4.68. The van der Waals surface area contributed by atoms with Gasteiger partial charge in [0.05, 0.1) is 28.2 Å². The maximum atomic E-state index is 10.9. The fourth-order valence-electron chi connectivity index (χ4n) is 1.80. The van der Waals surface area contributed by atoms with Gasteiger partial charge in [-0.15, -0.1) is 0 Å². The van der Waals surface area contributed by atoms with E-state index in [1.165, 1.54) is 7.11 Å². The molecule has 0 bridgehead atoms. The third-order valence-electron chi connectivity index (χ3n) is 3.04. The molecular formula is C18H19Br2NO4. The molecule has 2 aromatic carbocycles. The van der Waals surface area contributed by atoms with Gasteiger partial charge in [-0.3, -0.25) is 4.79 Å². The predicted molar refractivity (Wildman–Crippen MR) is 106 cm³/mol. The average Bonchev–Trinajstić information content (AvgIpc) is 2.64. The third kappa shape index (κ3) is 6.51. The molecule has 0 aliphatic heterocycles. The number of aldehydes is 1. The minimum absolute atomic E-state index is 0.396. The minimum atomic E-state index is -0.396. The Balaban J connectivity index is 0.000000251. The van der Waals surface area contributed by atoms with E-state index in [9.17, 15) is 9.59 Å². The zero-order valence-corrected chi connectivity index (χ0v) is 17.3. The van der Waals surface area contributed by atoms with Crippen LogP contribution in [0.15, 0.2) is 45.3 Å². The van der Waals surface area contributed by atoms with Gasteiger partial charge < -0.3 is 14.8 Å². The molecule has 0 aliphatic rings. The number of rotatable bonds is 5. The van der Waals surface area contributed by atoms with Gasteiger partial charge in [0, 0.05) is 18.3 Å². The summed E-state index contributed by atoms with van der Waals surface area (Å²) >= 11 is 6.89. The average molecular weight is 473 g/mol. The summed E-state index contributed by atoms with van der Waals surface area (Å²) in [4.78, 5) is 21.1. The smallest absolute Gasteiger partial charge is 0.337 e. The lowest BCUT2D eigenvalue weighted by Gasteiger charge is -2.10. The number of carbonyl (C=O) groups is 2. The maximum absolute atomic E-state index is 10.9. The number of carbonyl (C=O) groups excluding carboxylic acids is 2. The number of nitrogens with one attached hydrogen (secondary N) is 1. The van der Waals surface area contributed by atoms with Crippen molar-refractivity contribution < 1.29 is 19.1 Å². The highest BCUT2D eigenvalue weighted by Crippen LogP contribution is 2.36. The zero-order valence-electron chi connectivity index (χ0n) is 14.1. The molecule has 25 heavy (non-hydrogen) atoms. The molecule has 0 saturated carbocycles. The van der Waals surface area contributed by atoms with Crippen LogP contribution in [0.4, 0.5) is 5.69 Å². The van der Waals surface area contributed by atoms with Crippen molar-refractivity contribution in [2.45, 2.75) is 6.92 Å². The van der Waals surface area contributed by atoms with Gasteiger partial charge in [-0.1, -0.05) is 12.1 Å². The lowest BCUT2D eigenvalue weighted by molar-refractivity contribution is 0.0600. The first kappa shape index (κ1) is 21.2. The summed E-state index contributed by atoms with van der Waals surface area (Å²) in [7, 11) is 3.20. The number of anilines is 1. The first-order valence-corrected chi connectivity index (χ1v) is 8.98. The summed E-state index contributed by atoms with van der Waals surface area (Å²) in [5, 5.41) is 3.06. The molecule has 0 atom stereocenters. The lowest BCUT2D eigenvalue weighted by Crippen LogP contribution is -2.00. The van der Waals surface area contributed by atoms with Crippen LogP contribution in [0.5, 0.6) is 5.75 Å². The van der Waals surface area contributed by atoms with E-state index >= 15 is 0 Å². The van der Waals surface area contributed by atoms with Crippen molar-refractivity contribution in [2.24, 2.45) is 0 Å². The third-order valence-corrected chi connectivity index (χ3v) is 4.22. The number of hydrogen-bond donors (Lipinski definition) is 1. The lowest BCUT2D eigenvalue weighted by atomic mass is 10.1. The Bertz CT molecular complexity index is 695. The monoisotopic (exact) mass is 471 g/mol. The second-order valence-corrected chi connectivity index (χ2v) is 6.39. The standard InChI is InChI=1S/C9H11Br2NO.C9H8O3/c1-3-13-9-7(10)4-6(12-2)5-8(9)11;1-12-9(11)8-4-2-7(6-10)3-5-8/h4-5,12H,3H2,1-2H3;2-6H,1H3. The molecule has 2 aromatic rings. The summed E-state index contributed by atoms with van der Waals surface area (Å²) in [6.07, 6.45) is 0.723. The van der Waals surface area contributed by atoms with Gasteiger partial charge in [-0.25, -0.2) is 4.79 Å². The van der Waals surface area contributed by atoms with Crippen molar-refractivity contribution in [3.8, 4) is 5.75 Å². The minimum Gasteiger partial charge on any atom is -0.492 e. The van der Waals surface area contributed by atoms with Crippen molar-refractivity contribution >= 4 is 49.8 Å². The molecule has 0 fully saturated rings. The van der Waals surface area contributed by atoms with Crippen LogP contribution in [0.2, 0.25) is 0 Å². The Hall–Kier alpha value is -1.86. The van der Waals surface area contributed by atoms with Crippen molar-refractivity contribution in [2.75, 3.05) is 26.1 Å². The van der Waals surface area contributed by atoms with Crippen molar-refractivity contribution in [3.05, 3.63) is 56.5 Å². The van der Waals surface area contributed by atoms with E-state index in [0.29, 0.717) is 17.7 Å². The molecule has 0 amide bonds. The van der Waals surface area contributed by atoms with Crippen molar-refractivity contribution in [3.63, 3.8) is 0 Å². The Morgan fingerprint density at radius 2 is 1.72 bits per heavy atom. The Labute approximate surface area is 164 Å². The number of methoxy groups -OCH3 is 1. The number of halogens is 2. The van der Waals surface area contributed by atoms with Crippen LogP contribution < -0.4 is 10.1 Å². The van der Waals surface area contributed by atoms with Crippen LogP contribution in [-0.4, -0.2) is 33.0 Å². The van der Waals surface area contributed by atoms with Crippen LogP contribution in [0.1, 0.15) is 27.6 Å². The van der Waals surface area contributed by atoms with Gasteiger partial charge in [0.1, 0.15) is 12.0 Å². The van der Waals surface area contributed by atoms with E-state index in [1.807, 2.05) is 26.1 Å². The Morgan fingerprint density at radius 1 is 1.16 bits per heavy atom. The molecule has 0 radical (unpaired) electrons. The van der Waals surface area contributed by atoms with E-state index < -0.39 is 5.97 Å². The van der Waals surface area contributed by atoms with Gasteiger partial charge in [-0.2, -0.15) is 0 Å². The quantitative estimate of drug-likeness (QED) is 0.493. The number of esters is 1. The highest BCUT2D eigenvalue weighted by Gasteiger charge is 2.07. The van der Waals surface area contributed by atoms with E-state index in [4.69, 9.17) is 4.74 Å². The van der Waals surface area contributed by atoms with Crippen molar-refractivity contribution in [1.29, 1.82) is 0 Å². The van der Waals surface area contributed by atoms with Crippen LogP contribution in [-0.2, 0) is 4.74 Å². The molecule has 1 N–H and O–H groups in total. The second kappa shape index (κ2) is 10.9. The number of benzene rings is 2. The molecule has 7 heteroatoms. The van der Waals surface area contributed by atoms with Gasteiger partial charge in [-0.05, 0) is 63.0 Å². The van der Waals surface area contributed by atoms with Crippen LogP contribution in [0.25, 0.3) is 0 Å². The largest absolute Gasteiger partial charge is 0.492 e. The molecule has 2 rings (SSSR count). The van der Waals surface area contributed by atoms with E-state index in [-0.39, 0.29) is 0 Å². The summed E-state index contributed by atoms with van der Waals surface area (Å²) in [5.41, 5.74) is 2.04. The fourth-order valence-corrected chi connectivity index (χ4v) is 3.22. The molecular weight excluding hydrogens is 454 g/mol. The summed E-state index contributed by atoms with van der Waals surface area (Å²) in [6, 6.07) is 10.2. The molecule has 0 unspecified atom stereocenters. The molecule has 0 spiro atoms. The van der Waals surface area contributed by atoms with Crippen LogP contribution in [0.3, 0.4) is 0 Å². The van der Waals surface area contributed by atoms with E-state index in [1.54, 1.807) is 24.3 Å². The zero-order chi connectivity index (χ0) is 18.8. The summed E-state index contributed by atoms with van der Waals surface area (Å²) in [6.45, 7) is 2.63. The van der Waals surface area contributed by atoms with E-state index in [2.05, 4.69) is 41.9 Å². The molecule has 0 aromatic heterocycles. The fraction of sp³-hybridized carbons (Fsp3) is 0.222. The van der Waals surface area contributed by atoms with Gasteiger partial charge >= 0.3 is 5.97 Å². The normalized spacial score (nSPS) is 9.48. The van der Waals surface area contributed by atoms with E-state index in [0.717, 1.165) is 26.7 Å². The predicted octanol–water partition coefficient (Wildman–Crippen LogP) is 4.94. The van der Waals surface area contributed by atoms with Crippen LogP contribution >= 0.6 is 31.9 Å². The highest BCUT2D eigenvalue weighted by atomic mass is 79.9.